The summed E-state index contributed by atoms with van der Waals surface area (Å²) in [6.45, 7) is 1.91. The Morgan fingerprint density at radius 1 is 1.19 bits per heavy atom. The lowest BCUT2D eigenvalue weighted by Crippen LogP contribution is -2.42. The Bertz CT molecular complexity index is 833. The molecule has 2 aromatic rings. The third-order valence-corrected chi connectivity index (χ3v) is 4.53. The summed E-state index contributed by atoms with van der Waals surface area (Å²) in [6, 6.07) is 10.5. The summed E-state index contributed by atoms with van der Waals surface area (Å²) in [5, 5.41) is 21.5. The zero-order valence-corrected chi connectivity index (χ0v) is 16.8. The number of amides is 1. The molecule has 1 unspecified atom stereocenters. The van der Waals surface area contributed by atoms with Gasteiger partial charge >= 0.3 is 5.97 Å². The van der Waals surface area contributed by atoms with E-state index in [4.69, 9.17) is 4.74 Å². The molecule has 0 saturated heterocycles. The van der Waals surface area contributed by atoms with Crippen molar-refractivity contribution in [3.63, 3.8) is 0 Å². The highest BCUT2D eigenvalue weighted by Gasteiger charge is 2.21. The van der Waals surface area contributed by atoms with Crippen molar-refractivity contribution in [3.05, 3.63) is 63.2 Å². The van der Waals surface area contributed by atoms with Crippen LogP contribution in [0.25, 0.3) is 6.08 Å². The number of phenolic OH excluding ortho intramolecular Hbond substituents is 2. The number of phenols is 2. The summed E-state index contributed by atoms with van der Waals surface area (Å²) in [5.41, 5.74) is 1.53. The molecule has 0 fully saturated rings. The zero-order chi connectivity index (χ0) is 19.8. The first-order chi connectivity index (χ1) is 12.9. The van der Waals surface area contributed by atoms with Gasteiger partial charge in [0.25, 0.3) is 0 Å². The van der Waals surface area contributed by atoms with Crippen LogP contribution in [0.15, 0.2) is 48.5 Å². The normalized spacial score (nSPS) is 11.9. The lowest BCUT2D eigenvalue weighted by Gasteiger charge is -2.16. The molecule has 1 atom stereocenters. The summed E-state index contributed by atoms with van der Waals surface area (Å²) >= 11 is 2.00. The number of carbonyl (C=O) groups is 2. The minimum atomic E-state index is -0.841. The van der Waals surface area contributed by atoms with E-state index in [1.807, 2.05) is 22.6 Å². The predicted octanol–water partition coefficient (Wildman–Crippen LogP) is 3.01. The number of rotatable bonds is 7. The maximum atomic E-state index is 12.2. The molecular formula is C20H20INO5. The van der Waals surface area contributed by atoms with Crippen molar-refractivity contribution in [2.75, 3.05) is 6.61 Å². The average Bonchev–Trinajstić information content (AvgIpc) is 2.64. The molecule has 0 aliphatic rings. The van der Waals surface area contributed by atoms with Gasteiger partial charge in [0, 0.05) is 12.5 Å². The fourth-order valence-electron chi connectivity index (χ4n) is 2.32. The van der Waals surface area contributed by atoms with Crippen LogP contribution in [0.3, 0.4) is 0 Å². The van der Waals surface area contributed by atoms with Gasteiger partial charge in [-0.3, -0.25) is 4.79 Å². The van der Waals surface area contributed by atoms with Crippen molar-refractivity contribution in [3.8, 4) is 11.5 Å². The van der Waals surface area contributed by atoms with Crippen molar-refractivity contribution in [2.45, 2.75) is 19.4 Å². The molecule has 2 aromatic carbocycles. The molecule has 0 radical (unpaired) electrons. The molecule has 7 heteroatoms. The lowest BCUT2D eigenvalue weighted by molar-refractivity contribution is -0.146. The SMILES string of the molecule is CCOC(=O)C(Cc1ccc(O)cc1)NC(=O)/C=C/c1ccc(O)c(I)c1. The molecule has 27 heavy (non-hydrogen) atoms. The van der Waals surface area contributed by atoms with E-state index in [0.29, 0.717) is 3.57 Å². The van der Waals surface area contributed by atoms with Gasteiger partial charge in [0.05, 0.1) is 10.2 Å². The van der Waals surface area contributed by atoms with Gasteiger partial charge in [-0.2, -0.15) is 0 Å². The van der Waals surface area contributed by atoms with Crippen LogP contribution in [-0.2, 0) is 20.7 Å². The number of carbonyl (C=O) groups excluding carboxylic acids is 2. The molecule has 6 nitrogen and oxygen atoms in total. The van der Waals surface area contributed by atoms with Gasteiger partial charge in [0.2, 0.25) is 5.91 Å². The maximum absolute atomic E-state index is 12.2. The second-order valence-corrected chi connectivity index (χ2v) is 6.89. The number of aromatic hydroxyl groups is 2. The van der Waals surface area contributed by atoms with Crippen molar-refractivity contribution in [1.29, 1.82) is 0 Å². The first kappa shape index (κ1) is 20.8. The van der Waals surface area contributed by atoms with Crippen LogP contribution >= 0.6 is 22.6 Å². The summed E-state index contributed by atoms with van der Waals surface area (Å²) in [6.07, 6.45) is 3.17. The number of hydrogen-bond donors (Lipinski definition) is 3. The van der Waals surface area contributed by atoms with Crippen LogP contribution in [0, 0.1) is 3.57 Å². The number of halogens is 1. The molecule has 1 amide bonds. The Balaban J connectivity index is 2.07. The van der Waals surface area contributed by atoms with Crippen LogP contribution in [-0.4, -0.2) is 34.7 Å². The molecule has 0 saturated carbocycles. The first-order valence-electron chi connectivity index (χ1n) is 8.30. The highest BCUT2D eigenvalue weighted by Crippen LogP contribution is 2.20. The quantitative estimate of drug-likeness (QED) is 0.321. The number of hydrogen-bond acceptors (Lipinski definition) is 5. The fraction of sp³-hybridized carbons (Fsp3) is 0.200. The Kier molecular flexibility index (Phi) is 7.66. The summed E-state index contributed by atoms with van der Waals surface area (Å²) in [5.74, 6) is -0.656. The van der Waals surface area contributed by atoms with E-state index in [2.05, 4.69) is 5.32 Å². The van der Waals surface area contributed by atoms with Crippen LogP contribution in [0.1, 0.15) is 18.1 Å². The van der Waals surface area contributed by atoms with E-state index in [0.717, 1.165) is 11.1 Å². The third kappa shape index (κ3) is 6.59. The zero-order valence-electron chi connectivity index (χ0n) is 14.7. The van der Waals surface area contributed by atoms with E-state index < -0.39 is 17.9 Å². The summed E-state index contributed by atoms with van der Waals surface area (Å²) < 4.78 is 5.71. The predicted molar refractivity (Wildman–Crippen MR) is 110 cm³/mol. The van der Waals surface area contributed by atoms with Gasteiger partial charge in [0.15, 0.2) is 0 Å². The Morgan fingerprint density at radius 3 is 2.52 bits per heavy atom. The van der Waals surface area contributed by atoms with Crippen LogP contribution in [0.2, 0.25) is 0 Å². The second-order valence-electron chi connectivity index (χ2n) is 5.73. The van der Waals surface area contributed by atoms with E-state index >= 15 is 0 Å². The van der Waals surface area contributed by atoms with Crippen molar-refractivity contribution < 1.29 is 24.5 Å². The van der Waals surface area contributed by atoms with E-state index in [9.17, 15) is 19.8 Å². The standard InChI is InChI=1S/C20H20INO5/c1-2-27-20(26)17(12-14-3-7-15(23)8-4-14)22-19(25)10-6-13-5-9-18(24)16(21)11-13/h3-11,17,23-24H,2,12H2,1H3,(H,22,25)/b10-6+. The maximum Gasteiger partial charge on any atom is 0.328 e. The Morgan fingerprint density at radius 2 is 1.89 bits per heavy atom. The number of esters is 1. The number of ether oxygens (including phenoxy) is 1. The first-order valence-corrected chi connectivity index (χ1v) is 9.38. The van der Waals surface area contributed by atoms with Crippen molar-refractivity contribution >= 4 is 40.5 Å². The van der Waals surface area contributed by atoms with Crippen LogP contribution in [0.5, 0.6) is 11.5 Å². The van der Waals surface area contributed by atoms with E-state index in [1.165, 1.54) is 18.2 Å². The average molecular weight is 481 g/mol. The Hall–Kier alpha value is -2.55. The minimum absolute atomic E-state index is 0.127. The molecule has 0 aromatic heterocycles. The molecule has 0 heterocycles. The summed E-state index contributed by atoms with van der Waals surface area (Å²) in [7, 11) is 0. The molecule has 142 valence electrons. The van der Waals surface area contributed by atoms with E-state index in [1.54, 1.807) is 43.3 Å². The highest BCUT2D eigenvalue weighted by molar-refractivity contribution is 14.1. The third-order valence-electron chi connectivity index (χ3n) is 3.66. The van der Waals surface area contributed by atoms with Crippen LogP contribution in [0.4, 0.5) is 0 Å². The van der Waals surface area contributed by atoms with Gasteiger partial charge in [-0.05, 0) is 71.0 Å². The van der Waals surface area contributed by atoms with Crippen molar-refractivity contribution in [2.24, 2.45) is 0 Å². The highest BCUT2D eigenvalue weighted by atomic mass is 127. The van der Waals surface area contributed by atoms with Gasteiger partial charge in [-0.1, -0.05) is 18.2 Å². The van der Waals surface area contributed by atoms with E-state index in [-0.39, 0.29) is 24.5 Å². The molecule has 3 N–H and O–H groups in total. The monoisotopic (exact) mass is 481 g/mol. The summed E-state index contributed by atoms with van der Waals surface area (Å²) in [4.78, 5) is 24.4. The number of nitrogens with one attached hydrogen (secondary N) is 1. The van der Waals surface area contributed by atoms with Gasteiger partial charge < -0.3 is 20.3 Å². The molecule has 2 rings (SSSR count). The molecule has 0 spiro atoms. The topological polar surface area (TPSA) is 95.9 Å². The van der Waals surface area contributed by atoms with Gasteiger partial charge in [-0.15, -0.1) is 0 Å². The lowest BCUT2D eigenvalue weighted by atomic mass is 10.1. The van der Waals surface area contributed by atoms with Crippen LogP contribution < -0.4 is 5.32 Å². The molecular weight excluding hydrogens is 461 g/mol. The Labute approximate surface area is 171 Å². The largest absolute Gasteiger partial charge is 0.508 e. The molecule has 0 aliphatic carbocycles. The molecule has 0 bridgehead atoms. The number of benzene rings is 2. The smallest absolute Gasteiger partial charge is 0.328 e. The van der Waals surface area contributed by atoms with Gasteiger partial charge in [-0.25, -0.2) is 4.79 Å². The fourth-order valence-corrected chi connectivity index (χ4v) is 2.86. The van der Waals surface area contributed by atoms with Crippen molar-refractivity contribution in [1.82, 2.24) is 5.32 Å². The second kappa shape index (κ2) is 9.96. The molecule has 0 aliphatic heterocycles. The minimum Gasteiger partial charge on any atom is -0.508 e. The van der Waals surface area contributed by atoms with Gasteiger partial charge in [0.1, 0.15) is 17.5 Å².